The molecule has 0 unspecified atom stereocenters. The van der Waals surface area contributed by atoms with E-state index in [0.717, 1.165) is 18.4 Å². The summed E-state index contributed by atoms with van der Waals surface area (Å²) in [6.07, 6.45) is 2.28. The van der Waals surface area contributed by atoms with Crippen LogP contribution in [0, 0.1) is 5.92 Å². The summed E-state index contributed by atoms with van der Waals surface area (Å²) >= 11 is 0. The standard InChI is InChI=1S/C25H27N3O4/c1-2-32-22(29)14-15-27(16-19-12-13-19)25(31)23-20-10-6-7-11-21(20)24(30)28(26-23)17-18-8-4-3-5-9-18/h3-11,19H,2,12-17H2,1H3. The minimum atomic E-state index is -0.326. The molecule has 2 aromatic carbocycles. The molecule has 1 amide bonds. The number of carbonyl (C=O) groups excluding carboxylic acids is 2. The number of amides is 1. The number of benzene rings is 2. The van der Waals surface area contributed by atoms with Crippen molar-refractivity contribution in [1.82, 2.24) is 14.7 Å². The minimum absolute atomic E-state index is 0.133. The topological polar surface area (TPSA) is 81.5 Å². The Morgan fingerprint density at radius 1 is 1.06 bits per heavy atom. The molecular formula is C25H27N3O4. The maximum atomic E-state index is 13.6. The second kappa shape index (κ2) is 9.77. The molecule has 0 N–H and O–H groups in total. The second-order valence-corrected chi connectivity index (χ2v) is 8.09. The lowest BCUT2D eigenvalue weighted by molar-refractivity contribution is -0.143. The minimum Gasteiger partial charge on any atom is -0.466 e. The molecular weight excluding hydrogens is 406 g/mol. The molecule has 0 bridgehead atoms. The van der Waals surface area contributed by atoms with Crippen LogP contribution in [-0.4, -0.2) is 46.3 Å². The summed E-state index contributed by atoms with van der Waals surface area (Å²) in [6.45, 7) is 3.19. The molecule has 1 aliphatic rings. The van der Waals surface area contributed by atoms with E-state index in [4.69, 9.17) is 4.74 Å². The maximum Gasteiger partial charge on any atom is 0.307 e. The zero-order valence-corrected chi connectivity index (χ0v) is 18.2. The van der Waals surface area contributed by atoms with Gasteiger partial charge in [0.1, 0.15) is 0 Å². The summed E-state index contributed by atoms with van der Waals surface area (Å²) in [4.78, 5) is 40.3. The van der Waals surface area contributed by atoms with Gasteiger partial charge in [0, 0.05) is 18.5 Å². The first kappa shape index (κ1) is 21.7. The van der Waals surface area contributed by atoms with E-state index in [2.05, 4.69) is 5.10 Å². The van der Waals surface area contributed by atoms with Crippen LogP contribution < -0.4 is 5.56 Å². The molecule has 1 fully saturated rings. The first-order valence-electron chi connectivity index (χ1n) is 11.1. The number of aromatic nitrogens is 2. The zero-order valence-electron chi connectivity index (χ0n) is 18.2. The van der Waals surface area contributed by atoms with Crippen molar-refractivity contribution in [1.29, 1.82) is 0 Å². The van der Waals surface area contributed by atoms with Crippen molar-refractivity contribution in [3.63, 3.8) is 0 Å². The van der Waals surface area contributed by atoms with Gasteiger partial charge < -0.3 is 9.64 Å². The third-order valence-corrected chi connectivity index (χ3v) is 5.60. The number of hydrogen-bond acceptors (Lipinski definition) is 5. The Bertz CT molecular complexity index is 1170. The highest BCUT2D eigenvalue weighted by molar-refractivity contribution is 6.04. The number of ether oxygens (including phenoxy) is 1. The van der Waals surface area contributed by atoms with Crippen molar-refractivity contribution in [3.05, 3.63) is 76.2 Å². The molecule has 3 aromatic rings. The monoisotopic (exact) mass is 433 g/mol. The van der Waals surface area contributed by atoms with Crippen LogP contribution in [0.25, 0.3) is 10.8 Å². The van der Waals surface area contributed by atoms with Crippen LogP contribution in [0.5, 0.6) is 0 Å². The molecule has 0 radical (unpaired) electrons. The Balaban J connectivity index is 1.70. The van der Waals surface area contributed by atoms with E-state index in [1.165, 1.54) is 4.68 Å². The van der Waals surface area contributed by atoms with Crippen molar-refractivity contribution in [2.24, 2.45) is 5.92 Å². The molecule has 1 heterocycles. The lowest BCUT2D eigenvalue weighted by Gasteiger charge is -2.23. The summed E-state index contributed by atoms with van der Waals surface area (Å²) in [7, 11) is 0. The fourth-order valence-electron chi connectivity index (χ4n) is 3.75. The molecule has 7 heteroatoms. The van der Waals surface area contributed by atoms with Crippen LogP contribution >= 0.6 is 0 Å². The summed E-state index contributed by atoms with van der Waals surface area (Å²) in [5.41, 5.74) is 0.926. The van der Waals surface area contributed by atoms with Crippen LogP contribution in [0.2, 0.25) is 0 Å². The number of carbonyl (C=O) groups is 2. The third kappa shape index (κ3) is 5.04. The Kier molecular flexibility index (Phi) is 6.63. The number of nitrogens with zero attached hydrogens (tertiary/aromatic N) is 3. The molecule has 1 aromatic heterocycles. The molecule has 0 spiro atoms. The van der Waals surface area contributed by atoms with Gasteiger partial charge in [-0.15, -0.1) is 0 Å². The molecule has 0 aliphatic heterocycles. The van der Waals surface area contributed by atoms with Crippen LogP contribution in [0.15, 0.2) is 59.4 Å². The van der Waals surface area contributed by atoms with Gasteiger partial charge in [0.15, 0.2) is 5.69 Å². The highest BCUT2D eigenvalue weighted by atomic mass is 16.5. The largest absolute Gasteiger partial charge is 0.466 e. The van der Waals surface area contributed by atoms with E-state index in [1.54, 1.807) is 36.1 Å². The van der Waals surface area contributed by atoms with Crippen LogP contribution in [-0.2, 0) is 16.1 Å². The van der Waals surface area contributed by atoms with E-state index in [-0.39, 0.29) is 42.6 Å². The van der Waals surface area contributed by atoms with E-state index in [1.807, 2.05) is 30.3 Å². The predicted octanol–water partition coefficient (Wildman–Crippen LogP) is 3.25. The zero-order chi connectivity index (χ0) is 22.5. The van der Waals surface area contributed by atoms with Crippen molar-refractivity contribution >= 4 is 22.6 Å². The smallest absolute Gasteiger partial charge is 0.307 e. The van der Waals surface area contributed by atoms with E-state index < -0.39 is 0 Å². The van der Waals surface area contributed by atoms with E-state index in [9.17, 15) is 14.4 Å². The van der Waals surface area contributed by atoms with Crippen molar-refractivity contribution in [2.75, 3.05) is 19.7 Å². The van der Waals surface area contributed by atoms with Crippen molar-refractivity contribution in [3.8, 4) is 0 Å². The Morgan fingerprint density at radius 3 is 2.44 bits per heavy atom. The lowest BCUT2D eigenvalue weighted by Crippen LogP contribution is -2.37. The van der Waals surface area contributed by atoms with Gasteiger partial charge in [0.05, 0.1) is 25.0 Å². The van der Waals surface area contributed by atoms with Gasteiger partial charge in [-0.3, -0.25) is 14.4 Å². The fourth-order valence-corrected chi connectivity index (χ4v) is 3.75. The summed E-state index contributed by atoms with van der Waals surface area (Å²) < 4.78 is 6.38. The number of esters is 1. The Hall–Kier alpha value is -3.48. The average molecular weight is 434 g/mol. The predicted molar refractivity (Wildman–Crippen MR) is 121 cm³/mol. The first-order chi connectivity index (χ1) is 15.6. The fraction of sp³-hybridized carbons (Fsp3) is 0.360. The van der Waals surface area contributed by atoms with Crippen molar-refractivity contribution in [2.45, 2.75) is 32.7 Å². The molecule has 4 rings (SSSR count). The Labute approximate surface area is 186 Å². The molecule has 0 saturated heterocycles. The van der Waals surface area contributed by atoms with Gasteiger partial charge in [-0.1, -0.05) is 48.5 Å². The van der Waals surface area contributed by atoms with Gasteiger partial charge in [-0.25, -0.2) is 4.68 Å². The normalized spacial score (nSPS) is 13.2. The highest BCUT2D eigenvalue weighted by Crippen LogP contribution is 2.30. The summed E-state index contributed by atoms with van der Waals surface area (Å²) in [6, 6.07) is 16.6. The van der Waals surface area contributed by atoms with Crippen molar-refractivity contribution < 1.29 is 14.3 Å². The SMILES string of the molecule is CCOC(=O)CCN(CC1CC1)C(=O)c1nn(Cc2ccccc2)c(=O)c2ccccc12. The Morgan fingerprint density at radius 2 is 1.75 bits per heavy atom. The van der Waals surface area contributed by atoms with Gasteiger partial charge >= 0.3 is 5.97 Å². The molecule has 7 nitrogen and oxygen atoms in total. The molecule has 1 saturated carbocycles. The summed E-state index contributed by atoms with van der Waals surface area (Å²) in [5, 5.41) is 5.49. The quantitative estimate of drug-likeness (QED) is 0.484. The van der Waals surface area contributed by atoms with Crippen LogP contribution in [0.3, 0.4) is 0 Å². The molecule has 32 heavy (non-hydrogen) atoms. The number of fused-ring (bicyclic) bond motifs is 1. The maximum absolute atomic E-state index is 13.6. The van der Waals surface area contributed by atoms with E-state index in [0.29, 0.717) is 29.8 Å². The van der Waals surface area contributed by atoms with Gasteiger partial charge in [0.25, 0.3) is 11.5 Å². The number of hydrogen-bond donors (Lipinski definition) is 0. The second-order valence-electron chi connectivity index (χ2n) is 8.09. The van der Waals surface area contributed by atoms with E-state index >= 15 is 0 Å². The first-order valence-corrected chi connectivity index (χ1v) is 11.1. The van der Waals surface area contributed by atoms with Gasteiger partial charge in [-0.2, -0.15) is 5.10 Å². The third-order valence-electron chi connectivity index (χ3n) is 5.60. The summed E-state index contributed by atoms with van der Waals surface area (Å²) in [5.74, 6) is -0.144. The van der Waals surface area contributed by atoms with Gasteiger partial charge in [-0.05, 0) is 37.3 Å². The van der Waals surface area contributed by atoms with Gasteiger partial charge in [0.2, 0.25) is 0 Å². The molecule has 1 aliphatic carbocycles. The molecule has 0 atom stereocenters. The lowest BCUT2D eigenvalue weighted by atomic mass is 10.1. The van der Waals surface area contributed by atoms with Crippen LogP contribution in [0.4, 0.5) is 0 Å². The van der Waals surface area contributed by atoms with Crippen LogP contribution in [0.1, 0.15) is 42.2 Å². The molecule has 166 valence electrons. The average Bonchev–Trinajstić information content (AvgIpc) is 3.63. The highest BCUT2D eigenvalue weighted by Gasteiger charge is 2.29. The number of rotatable bonds is 9.